The summed E-state index contributed by atoms with van der Waals surface area (Å²) in [5.74, 6) is 2.40. The van der Waals surface area contributed by atoms with Crippen LogP contribution in [0.3, 0.4) is 0 Å². The number of aromatic nitrogens is 2. The minimum atomic E-state index is -0.428. The molecule has 1 N–H and O–H groups in total. The Morgan fingerprint density at radius 1 is 1.39 bits per heavy atom. The summed E-state index contributed by atoms with van der Waals surface area (Å²) in [6.07, 6.45) is 8.20. The number of hydrogen-bond acceptors (Lipinski definition) is 3. The molecule has 2 heterocycles. The first kappa shape index (κ1) is 12.1. The van der Waals surface area contributed by atoms with Crippen molar-refractivity contribution >= 4 is 23.3 Å². The summed E-state index contributed by atoms with van der Waals surface area (Å²) in [7, 11) is 0. The Kier molecular flexibility index (Phi) is 3.56. The molecule has 0 aromatic carbocycles. The number of nitrogens with zero attached hydrogens (tertiary/aromatic N) is 2. The van der Waals surface area contributed by atoms with E-state index in [1.165, 1.54) is 12.3 Å². The van der Waals surface area contributed by atoms with Gasteiger partial charge >= 0.3 is 0 Å². The Hall–Kier alpha value is -2.38. The van der Waals surface area contributed by atoms with Gasteiger partial charge in [-0.2, -0.15) is 0 Å². The van der Waals surface area contributed by atoms with Crippen molar-refractivity contribution in [3.8, 4) is 12.3 Å². The minimum Gasteiger partial charge on any atom is -0.305 e. The molecule has 0 aliphatic rings. The predicted molar refractivity (Wildman–Crippen MR) is 69.4 cm³/mol. The van der Waals surface area contributed by atoms with E-state index >= 15 is 0 Å². The van der Waals surface area contributed by atoms with Gasteiger partial charge in [-0.25, -0.2) is 9.97 Å². The largest absolute Gasteiger partial charge is 0.305 e. The third-order valence-corrected chi connectivity index (χ3v) is 2.42. The van der Waals surface area contributed by atoms with Gasteiger partial charge in [-0.3, -0.25) is 4.79 Å². The van der Waals surface area contributed by atoms with E-state index in [0.29, 0.717) is 11.4 Å². The number of hydrogen-bond donors (Lipinski definition) is 1. The molecule has 0 bridgehead atoms. The molecule has 0 radical (unpaired) electrons. The van der Waals surface area contributed by atoms with Gasteiger partial charge in [0.25, 0.3) is 5.91 Å². The van der Waals surface area contributed by atoms with Crippen LogP contribution in [-0.2, 0) is 0 Å². The summed E-state index contributed by atoms with van der Waals surface area (Å²) in [6.45, 7) is 0. The van der Waals surface area contributed by atoms with Crippen molar-refractivity contribution < 1.29 is 4.79 Å². The molecule has 1 amide bonds. The zero-order valence-electron chi connectivity index (χ0n) is 9.22. The molecule has 0 unspecified atom stereocenters. The van der Waals surface area contributed by atoms with Gasteiger partial charge in [-0.1, -0.05) is 23.6 Å². The number of pyridine rings is 2. The third-order valence-electron chi connectivity index (χ3n) is 2.13. The van der Waals surface area contributed by atoms with E-state index in [1.807, 2.05) is 0 Å². The predicted octanol–water partition coefficient (Wildman–Crippen LogP) is 2.36. The number of rotatable bonds is 2. The Balaban J connectivity index is 2.22. The van der Waals surface area contributed by atoms with Crippen LogP contribution < -0.4 is 5.32 Å². The molecule has 2 rings (SSSR count). The number of carbonyl (C=O) groups excluding carboxylic acids is 1. The fourth-order valence-corrected chi connectivity index (χ4v) is 1.55. The topological polar surface area (TPSA) is 54.9 Å². The van der Waals surface area contributed by atoms with E-state index in [0.717, 1.165) is 0 Å². The fraction of sp³-hybridized carbons (Fsp3) is 0. The van der Waals surface area contributed by atoms with Gasteiger partial charge in [0.2, 0.25) is 0 Å². The lowest BCUT2D eigenvalue weighted by molar-refractivity contribution is 0.102. The van der Waals surface area contributed by atoms with Crippen LogP contribution in [0.5, 0.6) is 0 Å². The number of anilines is 1. The van der Waals surface area contributed by atoms with Gasteiger partial charge in [0.15, 0.2) is 0 Å². The Labute approximate surface area is 109 Å². The van der Waals surface area contributed by atoms with Crippen molar-refractivity contribution in [2.45, 2.75) is 0 Å². The minimum absolute atomic E-state index is 0.112. The van der Waals surface area contributed by atoms with Gasteiger partial charge in [0.1, 0.15) is 11.5 Å². The van der Waals surface area contributed by atoms with Crippen molar-refractivity contribution in [1.29, 1.82) is 0 Å². The quantitative estimate of drug-likeness (QED) is 0.841. The molecule has 0 spiro atoms. The maximum Gasteiger partial charge on any atom is 0.276 e. The molecular formula is C13H8ClN3O. The lowest BCUT2D eigenvalue weighted by atomic mass is 10.2. The summed E-state index contributed by atoms with van der Waals surface area (Å²) >= 11 is 5.93. The first-order valence-corrected chi connectivity index (χ1v) is 5.43. The van der Waals surface area contributed by atoms with Crippen LogP contribution in [0.2, 0.25) is 5.02 Å². The second kappa shape index (κ2) is 5.30. The molecule has 0 atom stereocenters. The molecule has 4 nitrogen and oxygen atoms in total. The number of carbonyl (C=O) groups is 1. The van der Waals surface area contributed by atoms with E-state index < -0.39 is 5.91 Å². The molecule has 0 aliphatic carbocycles. The smallest absolute Gasteiger partial charge is 0.276 e. The first-order chi connectivity index (χ1) is 8.70. The SMILES string of the molecule is C#Cc1cnc(C(=O)Nc2ccccn2)c(Cl)c1. The normalized spacial score (nSPS) is 9.56. The lowest BCUT2D eigenvalue weighted by Gasteiger charge is -2.05. The Bertz CT molecular complexity index is 620. The molecule has 0 saturated heterocycles. The van der Waals surface area contributed by atoms with Crippen LogP contribution in [0.15, 0.2) is 36.7 Å². The highest BCUT2D eigenvalue weighted by molar-refractivity contribution is 6.34. The second-order valence-corrected chi connectivity index (χ2v) is 3.78. The monoisotopic (exact) mass is 257 g/mol. The van der Waals surface area contributed by atoms with E-state index in [-0.39, 0.29) is 10.7 Å². The van der Waals surface area contributed by atoms with Crippen LogP contribution in [0, 0.1) is 12.3 Å². The maximum absolute atomic E-state index is 11.9. The molecule has 18 heavy (non-hydrogen) atoms. The molecule has 5 heteroatoms. The van der Waals surface area contributed by atoms with Gasteiger partial charge in [-0.15, -0.1) is 6.42 Å². The van der Waals surface area contributed by atoms with Crippen molar-refractivity contribution in [2.24, 2.45) is 0 Å². The Morgan fingerprint density at radius 3 is 2.83 bits per heavy atom. The lowest BCUT2D eigenvalue weighted by Crippen LogP contribution is -2.15. The summed E-state index contributed by atoms with van der Waals surface area (Å²) in [4.78, 5) is 19.8. The summed E-state index contributed by atoms with van der Waals surface area (Å²) < 4.78 is 0. The van der Waals surface area contributed by atoms with Crippen LogP contribution in [0.25, 0.3) is 0 Å². The highest BCUT2D eigenvalue weighted by Crippen LogP contribution is 2.16. The highest BCUT2D eigenvalue weighted by atomic mass is 35.5. The van der Waals surface area contributed by atoms with Crippen LogP contribution >= 0.6 is 11.6 Å². The summed E-state index contributed by atoms with van der Waals surface area (Å²) in [5, 5.41) is 2.80. The molecule has 2 aromatic heterocycles. The first-order valence-electron chi connectivity index (χ1n) is 5.05. The number of amides is 1. The van der Waals surface area contributed by atoms with Crippen LogP contribution in [0.4, 0.5) is 5.82 Å². The summed E-state index contributed by atoms with van der Waals surface area (Å²) in [5.41, 5.74) is 0.635. The van der Waals surface area contributed by atoms with Gasteiger partial charge < -0.3 is 5.32 Å². The van der Waals surface area contributed by atoms with E-state index in [1.54, 1.807) is 24.4 Å². The van der Waals surface area contributed by atoms with Crippen LogP contribution in [-0.4, -0.2) is 15.9 Å². The standard InChI is InChI=1S/C13H8ClN3O/c1-2-9-7-10(14)12(16-8-9)13(18)17-11-5-3-4-6-15-11/h1,3-8H,(H,15,17,18). The average Bonchev–Trinajstić information content (AvgIpc) is 2.39. The van der Waals surface area contributed by atoms with E-state index in [2.05, 4.69) is 21.2 Å². The van der Waals surface area contributed by atoms with E-state index in [4.69, 9.17) is 18.0 Å². The molecule has 2 aromatic rings. The molecule has 0 fully saturated rings. The Morgan fingerprint density at radius 2 is 2.22 bits per heavy atom. The maximum atomic E-state index is 11.9. The molecule has 88 valence electrons. The zero-order chi connectivity index (χ0) is 13.0. The number of halogens is 1. The molecule has 0 saturated carbocycles. The van der Waals surface area contributed by atoms with Gasteiger partial charge in [-0.05, 0) is 18.2 Å². The summed E-state index contributed by atoms with van der Waals surface area (Å²) in [6, 6.07) is 6.70. The average molecular weight is 258 g/mol. The van der Waals surface area contributed by atoms with E-state index in [9.17, 15) is 4.79 Å². The number of terminal acetylenes is 1. The molecular weight excluding hydrogens is 250 g/mol. The highest BCUT2D eigenvalue weighted by Gasteiger charge is 2.12. The van der Waals surface area contributed by atoms with Gasteiger partial charge in [0, 0.05) is 18.0 Å². The van der Waals surface area contributed by atoms with Gasteiger partial charge in [0.05, 0.1) is 5.02 Å². The van der Waals surface area contributed by atoms with Crippen molar-refractivity contribution in [2.75, 3.05) is 5.32 Å². The van der Waals surface area contributed by atoms with Crippen molar-refractivity contribution in [1.82, 2.24) is 9.97 Å². The van der Waals surface area contributed by atoms with Crippen molar-refractivity contribution in [3.05, 3.63) is 52.9 Å². The molecule has 0 aliphatic heterocycles. The number of nitrogens with one attached hydrogen (secondary N) is 1. The van der Waals surface area contributed by atoms with Crippen LogP contribution in [0.1, 0.15) is 16.1 Å². The third kappa shape index (κ3) is 2.65. The fourth-order valence-electron chi connectivity index (χ4n) is 1.30. The second-order valence-electron chi connectivity index (χ2n) is 3.37. The zero-order valence-corrected chi connectivity index (χ0v) is 9.98. The van der Waals surface area contributed by atoms with Crippen molar-refractivity contribution in [3.63, 3.8) is 0 Å².